The first-order chi connectivity index (χ1) is 14.5. The lowest BCUT2D eigenvalue weighted by atomic mass is 10.0. The second kappa shape index (κ2) is 9.08. The van der Waals surface area contributed by atoms with Gasteiger partial charge >= 0.3 is 5.97 Å². The van der Waals surface area contributed by atoms with Gasteiger partial charge in [-0.1, -0.05) is 23.2 Å². The SMILES string of the molecule is Cc1ccc2[nH]cc(C(C(=O)O)N3CCN(CCOc4ccc(Cl)cc4)CC3)c2c1. The smallest absolute Gasteiger partial charge is 0.325 e. The molecule has 2 N–H and O–H groups in total. The van der Waals surface area contributed by atoms with E-state index >= 15 is 0 Å². The van der Waals surface area contributed by atoms with E-state index in [1.807, 2.05) is 49.5 Å². The zero-order valence-corrected chi connectivity index (χ0v) is 17.7. The number of rotatable bonds is 7. The van der Waals surface area contributed by atoms with E-state index in [4.69, 9.17) is 16.3 Å². The van der Waals surface area contributed by atoms with Crippen molar-refractivity contribution >= 4 is 28.5 Å². The number of hydrogen-bond donors (Lipinski definition) is 2. The molecule has 2 heterocycles. The molecule has 1 aliphatic heterocycles. The lowest BCUT2D eigenvalue weighted by molar-refractivity contribution is -0.144. The van der Waals surface area contributed by atoms with Gasteiger partial charge in [-0.3, -0.25) is 14.6 Å². The minimum Gasteiger partial charge on any atom is -0.492 e. The van der Waals surface area contributed by atoms with Crippen LogP contribution in [0.3, 0.4) is 0 Å². The van der Waals surface area contributed by atoms with Gasteiger partial charge in [0.2, 0.25) is 0 Å². The number of carboxylic acid groups (broad SMARTS) is 1. The number of aliphatic carboxylic acids is 1. The van der Waals surface area contributed by atoms with Gasteiger partial charge in [-0.2, -0.15) is 0 Å². The molecule has 4 rings (SSSR count). The number of carboxylic acids is 1. The van der Waals surface area contributed by atoms with E-state index in [-0.39, 0.29) is 0 Å². The molecule has 1 saturated heterocycles. The maximum atomic E-state index is 12.2. The van der Waals surface area contributed by atoms with Gasteiger partial charge < -0.3 is 14.8 Å². The van der Waals surface area contributed by atoms with Gasteiger partial charge in [-0.05, 0) is 43.3 Å². The van der Waals surface area contributed by atoms with E-state index in [0.717, 1.165) is 47.4 Å². The molecule has 7 heteroatoms. The van der Waals surface area contributed by atoms with Gasteiger partial charge in [0.05, 0.1) is 0 Å². The van der Waals surface area contributed by atoms with Crippen molar-refractivity contribution in [2.45, 2.75) is 13.0 Å². The fourth-order valence-corrected chi connectivity index (χ4v) is 4.16. The fraction of sp³-hybridized carbons (Fsp3) is 0.348. The van der Waals surface area contributed by atoms with E-state index in [9.17, 15) is 9.90 Å². The molecule has 1 unspecified atom stereocenters. The summed E-state index contributed by atoms with van der Waals surface area (Å²) in [7, 11) is 0. The number of aryl methyl sites for hydroxylation is 1. The van der Waals surface area contributed by atoms with Crippen LogP contribution in [0, 0.1) is 6.92 Å². The molecule has 3 aromatic rings. The lowest BCUT2D eigenvalue weighted by Crippen LogP contribution is -2.50. The van der Waals surface area contributed by atoms with E-state index in [0.29, 0.717) is 24.7 Å². The average Bonchev–Trinajstić information content (AvgIpc) is 3.13. The molecular weight excluding hydrogens is 402 g/mol. The minimum absolute atomic E-state index is 0.589. The summed E-state index contributed by atoms with van der Waals surface area (Å²) in [5.41, 5.74) is 2.93. The Balaban J connectivity index is 1.36. The third-order valence-electron chi connectivity index (χ3n) is 5.66. The van der Waals surface area contributed by atoms with Crippen molar-refractivity contribution in [2.24, 2.45) is 0 Å². The Morgan fingerprint density at radius 2 is 1.90 bits per heavy atom. The van der Waals surface area contributed by atoms with Gasteiger partial charge in [0.1, 0.15) is 18.4 Å². The quantitative estimate of drug-likeness (QED) is 0.597. The Bertz CT molecular complexity index is 1010. The molecule has 6 nitrogen and oxygen atoms in total. The molecule has 2 aromatic carbocycles. The zero-order valence-electron chi connectivity index (χ0n) is 17.0. The van der Waals surface area contributed by atoms with E-state index in [2.05, 4.69) is 20.9 Å². The van der Waals surface area contributed by atoms with Crippen LogP contribution in [-0.4, -0.2) is 65.2 Å². The van der Waals surface area contributed by atoms with E-state index < -0.39 is 12.0 Å². The van der Waals surface area contributed by atoms with Crippen molar-refractivity contribution in [3.63, 3.8) is 0 Å². The highest BCUT2D eigenvalue weighted by atomic mass is 35.5. The van der Waals surface area contributed by atoms with Crippen LogP contribution in [0.1, 0.15) is 17.2 Å². The topological polar surface area (TPSA) is 68.8 Å². The molecule has 1 fully saturated rings. The third kappa shape index (κ3) is 4.61. The Labute approximate surface area is 181 Å². The predicted octanol–water partition coefficient (Wildman–Crippen LogP) is 3.95. The van der Waals surface area contributed by atoms with E-state index in [1.54, 1.807) is 0 Å². The fourth-order valence-electron chi connectivity index (χ4n) is 4.04. The molecule has 0 saturated carbocycles. The molecule has 0 amide bonds. The molecule has 0 radical (unpaired) electrons. The predicted molar refractivity (Wildman–Crippen MR) is 118 cm³/mol. The molecule has 30 heavy (non-hydrogen) atoms. The van der Waals surface area contributed by atoms with Crippen LogP contribution >= 0.6 is 11.6 Å². The maximum Gasteiger partial charge on any atom is 0.325 e. The van der Waals surface area contributed by atoms with Gasteiger partial charge in [-0.15, -0.1) is 0 Å². The van der Waals surface area contributed by atoms with Crippen LogP contribution in [0.2, 0.25) is 5.02 Å². The molecule has 1 atom stereocenters. The van der Waals surface area contributed by atoms with Crippen LogP contribution in [0.4, 0.5) is 0 Å². The summed E-state index contributed by atoms with van der Waals surface area (Å²) >= 11 is 5.89. The normalized spacial score (nSPS) is 16.6. The number of aromatic nitrogens is 1. The Kier molecular flexibility index (Phi) is 6.27. The minimum atomic E-state index is -0.808. The van der Waals surface area contributed by atoms with Crippen LogP contribution in [0.5, 0.6) is 5.75 Å². The standard InChI is InChI=1S/C23H26ClN3O3/c1-16-2-7-21-19(14-16)20(15-25-21)22(23(28)29)27-10-8-26(9-11-27)12-13-30-18-5-3-17(24)4-6-18/h2-7,14-15,22,25H,8-13H2,1H3,(H,28,29). The number of carbonyl (C=O) groups is 1. The largest absolute Gasteiger partial charge is 0.492 e. The molecule has 1 aromatic heterocycles. The van der Waals surface area contributed by atoms with Gasteiger partial charge in [-0.25, -0.2) is 0 Å². The number of piperazine rings is 1. The average molecular weight is 428 g/mol. The highest BCUT2D eigenvalue weighted by Crippen LogP contribution is 2.30. The lowest BCUT2D eigenvalue weighted by Gasteiger charge is -2.37. The van der Waals surface area contributed by atoms with Crippen LogP contribution in [0.15, 0.2) is 48.7 Å². The number of nitrogens with zero attached hydrogens (tertiary/aromatic N) is 2. The number of nitrogens with one attached hydrogen (secondary N) is 1. The number of fused-ring (bicyclic) bond motifs is 1. The molecule has 1 aliphatic rings. The Hall–Kier alpha value is -2.54. The highest BCUT2D eigenvalue weighted by molar-refractivity contribution is 6.30. The van der Waals surface area contributed by atoms with Crippen molar-refractivity contribution in [1.82, 2.24) is 14.8 Å². The van der Waals surface area contributed by atoms with Gasteiger partial charge in [0, 0.05) is 60.4 Å². The van der Waals surface area contributed by atoms with E-state index in [1.165, 1.54) is 0 Å². The van der Waals surface area contributed by atoms with Gasteiger partial charge in [0.15, 0.2) is 0 Å². The van der Waals surface area contributed by atoms with Crippen molar-refractivity contribution in [3.8, 4) is 5.75 Å². The highest BCUT2D eigenvalue weighted by Gasteiger charge is 2.32. The second-order valence-electron chi connectivity index (χ2n) is 7.71. The van der Waals surface area contributed by atoms with Crippen LogP contribution < -0.4 is 4.74 Å². The Morgan fingerprint density at radius 1 is 1.17 bits per heavy atom. The van der Waals surface area contributed by atoms with Crippen LogP contribution in [0.25, 0.3) is 10.9 Å². The number of hydrogen-bond acceptors (Lipinski definition) is 4. The Morgan fingerprint density at radius 3 is 2.60 bits per heavy atom. The summed E-state index contributed by atoms with van der Waals surface area (Å²) in [6.45, 7) is 6.46. The summed E-state index contributed by atoms with van der Waals surface area (Å²) in [6, 6.07) is 12.8. The summed E-state index contributed by atoms with van der Waals surface area (Å²) in [6.07, 6.45) is 1.84. The number of benzene rings is 2. The second-order valence-corrected chi connectivity index (χ2v) is 8.15. The third-order valence-corrected chi connectivity index (χ3v) is 5.91. The van der Waals surface area contributed by atoms with Crippen molar-refractivity contribution < 1.29 is 14.6 Å². The monoisotopic (exact) mass is 427 g/mol. The molecule has 0 aliphatic carbocycles. The maximum absolute atomic E-state index is 12.2. The first-order valence-corrected chi connectivity index (χ1v) is 10.5. The van der Waals surface area contributed by atoms with Crippen molar-refractivity contribution in [1.29, 1.82) is 0 Å². The number of aromatic amines is 1. The van der Waals surface area contributed by atoms with Crippen molar-refractivity contribution in [3.05, 3.63) is 64.8 Å². The molecule has 0 bridgehead atoms. The first-order valence-electron chi connectivity index (χ1n) is 10.2. The summed E-state index contributed by atoms with van der Waals surface area (Å²) < 4.78 is 5.78. The first kappa shape index (κ1) is 20.7. The molecule has 158 valence electrons. The van der Waals surface area contributed by atoms with Crippen molar-refractivity contribution in [2.75, 3.05) is 39.3 Å². The summed E-state index contributed by atoms with van der Waals surface area (Å²) in [5.74, 6) is -0.00413. The van der Waals surface area contributed by atoms with Gasteiger partial charge in [0.25, 0.3) is 0 Å². The number of halogens is 1. The number of ether oxygens (including phenoxy) is 1. The zero-order chi connectivity index (χ0) is 21.1. The summed E-state index contributed by atoms with van der Waals surface area (Å²) in [5, 5.41) is 11.7. The summed E-state index contributed by atoms with van der Waals surface area (Å²) in [4.78, 5) is 19.8. The molecule has 0 spiro atoms. The van der Waals surface area contributed by atoms with Crippen LogP contribution in [-0.2, 0) is 4.79 Å². The number of H-pyrrole nitrogens is 1. The molecular formula is C23H26ClN3O3.